The van der Waals surface area contributed by atoms with Crippen LogP contribution >= 0.6 is 0 Å². The second-order valence-corrected chi connectivity index (χ2v) is 5.85. The largest absolute Gasteiger partial charge is 0.378 e. The normalized spacial score (nSPS) is 22.2. The van der Waals surface area contributed by atoms with Gasteiger partial charge in [-0.2, -0.15) is 0 Å². The van der Waals surface area contributed by atoms with Gasteiger partial charge < -0.3 is 5.32 Å². The second kappa shape index (κ2) is 4.29. The first-order chi connectivity index (χ1) is 7.61. The molecule has 16 heavy (non-hydrogen) atoms. The number of para-hydroxylation sites is 1. The Morgan fingerprint density at radius 2 is 2.12 bits per heavy atom. The summed E-state index contributed by atoms with van der Waals surface area (Å²) < 4.78 is 22.5. The van der Waals surface area contributed by atoms with Crippen molar-refractivity contribution < 1.29 is 8.42 Å². The lowest BCUT2D eigenvalue weighted by molar-refractivity contribution is 0.605. The molecule has 0 aliphatic carbocycles. The monoisotopic (exact) mass is 237 g/mol. The van der Waals surface area contributed by atoms with Gasteiger partial charge in [0.15, 0.2) is 9.84 Å². The van der Waals surface area contributed by atoms with Gasteiger partial charge in [0.05, 0.1) is 11.8 Å². The highest BCUT2D eigenvalue weighted by atomic mass is 32.2. The van der Waals surface area contributed by atoms with Crippen LogP contribution in [-0.4, -0.2) is 20.2 Å². The standard InChI is InChI=1S/C12H15NO2S/c1-2-10-5-3-4-6-12(10)13-11-7-8-16(14,15)9-11/h3-8,11,13H,2,9H2,1H3. The Morgan fingerprint density at radius 3 is 2.75 bits per heavy atom. The van der Waals surface area contributed by atoms with E-state index < -0.39 is 9.84 Å². The molecule has 0 saturated carbocycles. The fourth-order valence-corrected chi connectivity index (χ4v) is 3.07. The van der Waals surface area contributed by atoms with Crippen LogP contribution in [-0.2, 0) is 16.3 Å². The molecular weight excluding hydrogens is 222 g/mol. The lowest BCUT2D eigenvalue weighted by Gasteiger charge is -2.14. The minimum atomic E-state index is -2.98. The average molecular weight is 237 g/mol. The molecule has 0 saturated heterocycles. The highest BCUT2D eigenvalue weighted by Crippen LogP contribution is 2.19. The number of hydrogen-bond donors (Lipinski definition) is 1. The van der Waals surface area contributed by atoms with Gasteiger partial charge in [0.1, 0.15) is 0 Å². The van der Waals surface area contributed by atoms with Crippen LogP contribution in [0.1, 0.15) is 12.5 Å². The molecule has 0 bridgehead atoms. The molecule has 86 valence electrons. The third-order valence-electron chi connectivity index (χ3n) is 2.67. The molecule has 1 aliphatic rings. The molecule has 1 aromatic carbocycles. The molecule has 1 atom stereocenters. The van der Waals surface area contributed by atoms with Crippen molar-refractivity contribution in [2.45, 2.75) is 19.4 Å². The Morgan fingerprint density at radius 1 is 1.38 bits per heavy atom. The Balaban J connectivity index is 2.14. The van der Waals surface area contributed by atoms with E-state index in [1.165, 1.54) is 11.0 Å². The van der Waals surface area contributed by atoms with Crippen LogP contribution in [0.3, 0.4) is 0 Å². The minimum Gasteiger partial charge on any atom is -0.378 e. The van der Waals surface area contributed by atoms with E-state index in [2.05, 4.69) is 18.3 Å². The lowest BCUT2D eigenvalue weighted by atomic mass is 10.1. The van der Waals surface area contributed by atoms with Crippen molar-refractivity contribution in [3.8, 4) is 0 Å². The molecule has 1 heterocycles. The van der Waals surface area contributed by atoms with E-state index in [4.69, 9.17) is 0 Å². The van der Waals surface area contributed by atoms with Crippen LogP contribution in [0.5, 0.6) is 0 Å². The summed E-state index contributed by atoms with van der Waals surface area (Å²) in [4.78, 5) is 0. The molecule has 0 spiro atoms. The number of rotatable bonds is 3. The van der Waals surface area contributed by atoms with Gasteiger partial charge in [-0.3, -0.25) is 0 Å². The zero-order valence-electron chi connectivity index (χ0n) is 9.18. The van der Waals surface area contributed by atoms with Crippen molar-refractivity contribution in [3.05, 3.63) is 41.3 Å². The van der Waals surface area contributed by atoms with Crippen molar-refractivity contribution in [3.63, 3.8) is 0 Å². The van der Waals surface area contributed by atoms with Gasteiger partial charge >= 0.3 is 0 Å². The van der Waals surface area contributed by atoms with Crippen molar-refractivity contribution in [2.75, 3.05) is 11.1 Å². The van der Waals surface area contributed by atoms with Gasteiger partial charge in [0.2, 0.25) is 0 Å². The van der Waals surface area contributed by atoms with E-state index in [0.717, 1.165) is 12.1 Å². The highest BCUT2D eigenvalue weighted by molar-refractivity contribution is 7.94. The molecular formula is C12H15NO2S. The first kappa shape index (κ1) is 11.2. The average Bonchev–Trinajstić information content (AvgIpc) is 2.59. The third kappa shape index (κ3) is 2.44. The Labute approximate surface area is 96.1 Å². The van der Waals surface area contributed by atoms with Gasteiger partial charge in [-0.25, -0.2) is 8.42 Å². The van der Waals surface area contributed by atoms with Crippen LogP contribution in [0.25, 0.3) is 0 Å². The number of hydrogen-bond acceptors (Lipinski definition) is 3. The first-order valence-corrected chi connectivity index (χ1v) is 7.07. The van der Waals surface area contributed by atoms with E-state index >= 15 is 0 Å². The van der Waals surface area contributed by atoms with Gasteiger partial charge in [-0.05, 0) is 18.1 Å². The fraction of sp³-hybridized carbons (Fsp3) is 0.333. The quantitative estimate of drug-likeness (QED) is 0.874. The van der Waals surface area contributed by atoms with Crippen LogP contribution in [0.2, 0.25) is 0 Å². The van der Waals surface area contributed by atoms with Crippen LogP contribution in [0, 0.1) is 0 Å². The van der Waals surface area contributed by atoms with E-state index in [0.29, 0.717) is 0 Å². The van der Waals surface area contributed by atoms with E-state index in [1.807, 2.05) is 18.2 Å². The molecule has 2 rings (SSSR count). The van der Waals surface area contributed by atoms with Crippen molar-refractivity contribution in [1.82, 2.24) is 0 Å². The Bertz CT molecular complexity index is 506. The maximum atomic E-state index is 11.3. The van der Waals surface area contributed by atoms with Gasteiger partial charge in [-0.15, -0.1) is 0 Å². The molecule has 0 aromatic heterocycles. The number of aryl methyl sites for hydroxylation is 1. The van der Waals surface area contributed by atoms with Crippen molar-refractivity contribution in [1.29, 1.82) is 0 Å². The Kier molecular flexibility index (Phi) is 3.01. The molecule has 0 amide bonds. The number of benzene rings is 1. The predicted molar refractivity (Wildman–Crippen MR) is 66.2 cm³/mol. The first-order valence-electron chi connectivity index (χ1n) is 5.36. The summed E-state index contributed by atoms with van der Waals surface area (Å²) >= 11 is 0. The van der Waals surface area contributed by atoms with Gasteiger partial charge in [0, 0.05) is 11.1 Å². The van der Waals surface area contributed by atoms with E-state index in [1.54, 1.807) is 6.08 Å². The Hall–Kier alpha value is -1.29. The van der Waals surface area contributed by atoms with E-state index in [-0.39, 0.29) is 11.8 Å². The van der Waals surface area contributed by atoms with Gasteiger partial charge in [-0.1, -0.05) is 31.2 Å². The molecule has 0 fully saturated rings. The zero-order valence-corrected chi connectivity index (χ0v) is 10.00. The van der Waals surface area contributed by atoms with Crippen LogP contribution < -0.4 is 5.32 Å². The van der Waals surface area contributed by atoms with Crippen molar-refractivity contribution >= 4 is 15.5 Å². The second-order valence-electron chi connectivity index (χ2n) is 3.92. The van der Waals surface area contributed by atoms with Crippen LogP contribution in [0.4, 0.5) is 5.69 Å². The maximum Gasteiger partial charge on any atom is 0.173 e. The third-order valence-corrected chi connectivity index (χ3v) is 4.06. The molecule has 1 N–H and O–H groups in total. The van der Waals surface area contributed by atoms with Crippen molar-refractivity contribution in [2.24, 2.45) is 0 Å². The molecule has 4 heteroatoms. The fourth-order valence-electron chi connectivity index (χ4n) is 1.83. The highest BCUT2D eigenvalue weighted by Gasteiger charge is 2.21. The summed E-state index contributed by atoms with van der Waals surface area (Å²) in [6.07, 6.45) is 2.65. The SMILES string of the molecule is CCc1ccccc1NC1C=CS(=O)(=O)C1. The molecule has 3 nitrogen and oxygen atoms in total. The predicted octanol–water partition coefficient (Wildman–Crippen LogP) is 1.97. The summed E-state index contributed by atoms with van der Waals surface area (Å²) in [5.74, 6) is 0.158. The molecule has 1 unspecified atom stereocenters. The molecule has 0 radical (unpaired) electrons. The summed E-state index contributed by atoms with van der Waals surface area (Å²) in [5, 5.41) is 4.54. The summed E-state index contributed by atoms with van der Waals surface area (Å²) in [6.45, 7) is 2.09. The van der Waals surface area contributed by atoms with E-state index in [9.17, 15) is 8.42 Å². The number of nitrogens with one attached hydrogen (secondary N) is 1. The molecule has 1 aromatic rings. The lowest BCUT2D eigenvalue weighted by Crippen LogP contribution is -2.21. The topological polar surface area (TPSA) is 46.2 Å². The van der Waals surface area contributed by atoms with Gasteiger partial charge in [0.25, 0.3) is 0 Å². The summed E-state index contributed by atoms with van der Waals surface area (Å²) in [5.41, 5.74) is 2.23. The molecule has 1 aliphatic heterocycles. The van der Waals surface area contributed by atoms with Crippen LogP contribution in [0.15, 0.2) is 35.7 Å². The zero-order chi connectivity index (χ0) is 11.6. The summed E-state index contributed by atoms with van der Waals surface area (Å²) in [6, 6.07) is 7.88. The number of anilines is 1. The maximum absolute atomic E-state index is 11.3. The number of sulfone groups is 1. The summed E-state index contributed by atoms with van der Waals surface area (Å²) in [7, 11) is -2.98. The smallest absolute Gasteiger partial charge is 0.173 e. The minimum absolute atomic E-state index is 0.0994.